The number of aliphatic carboxylic acids is 1. The van der Waals surface area contributed by atoms with E-state index in [9.17, 15) is 24.9 Å². The van der Waals surface area contributed by atoms with E-state index in [1.54, 1.807) is 13.0 Å². The van der Waals surface area contributed by atoms with Crippen LogP contribution in [0.5, 0.6) is 0 Å². The number of carbonyl (C=O) groups is 2. The molecule has 0 spiro atoms. The Kier molecular flexibility index (Phi) is 5.55. The van der Waals surface area contributed by atoms with Gasteiger partial charge in [-0.25, -0.2) is 4.79 Å². The van der Waals surface area contributed by atoms with Crippen LogP contribution in [-0.4, -0.2) is 74.8 Å². The van der Waals surface area contributed by atoms with Crippen molar-refractivity contribution in [1.82, 2.24) is 0 Å². The average Bonchev–Trinajstić information content (AvgIpc) is 3.07. The number of aliphatic hydroxyl groups is 4. The van der Waals surface area contributed by atoms with Gasteiger partial charge in [0, 0.05) is 0 Å². The van der Waals surface area contributed by atoms with Gasteiger partial charge < -0.3 is 35.0 Å². The predicted octanol–water partition coefficient (Wildman–Crippen LogP) is -1.37. The second kappa shape index (κ2) is 7.00. The van der Waals surface area contributed by atoms with Crippen LogP contribution in [0.2, 0.25) is 0 Å². The lowest BCUT2D eigenvalue weighted by atomic mass is 9.99. The quantitative estimate of drug-likeness (QED) is 0.295. The van der Waals surface area contributed by atoms with Crippen LogP contribution in [0.15, 0.2) is 11.6 Å². The van der Waals surface area contributed by atoms with E-state index in [4.69, 9.17) is 19.7 Å². The van der Waals surface area contributed by atoms with Gasteiger partial charge in [-0.15, -0.1) is 0 Å². The predicted molar refractivity (Wildman–Crippen MR) is 82.0 cm³/mol. The molecule has 0 bridgehead atoms. The fourth-order valence-corrected chi connectivity index (χ4v) is 3.14. The zero-order valence-electron chi connectivity index (χ0n) is 14.2. The molecule has 1 aliphatic carbocycles. The van der Waals surface area contributed by atoms with E-state index < -0.39 is 54.0 Å². The summed E-state index contributed by atoms with van der Waals surface area (Å²) in [6.07, 6.45) is -7.20. The lowest BCUT2D eigenvalue weighted by Gasteiger charge is -2.38. The molecule has 25 heavy (non-hydrogen) atoms. The smallest absolute Gasteiger partial charge is 0.335 e. The van der Waals surface area contributed by atoms with Crippen molar-refractivity contribution in [1.29, 1.82) is 0 Å². The number of hydrogen-bond donors (Lipinski definition) is 5. The van der Waals surface area contributed by atoms with Gasteiger partial charge in [0.15, 0.2) is 6.10 Å². The summed E-state index contributed by atoms with van der Waals surface area (Å²) < 4.78 is 10.0. The van der Waals surface area contributed by atoms with Crippen molar-refractivity contribution >= 4 is 11.9 Å². The topological polar surface area (TPSA) is 154 Å². The first-order valence-electron chi connectivity index (χ1n) is 7.93. The van der Waals surface area contributed by atoms with Gasteiger partial charge in [0.05, 0.1) is 12.5 Å². The van der Waals surface area contributed by atoms with Crippen molar-refractivity contribution in [3.05, 3.63) is 11.6 Å². The summed E-state index contributed by atoms with van der Waals surface area (Å²) in [5.41, 5.74) is 0.268. The van der Waals surface area contributed by atoms with Gasteiger partial charge >= 0.3 is 11.9 Å². The minimum atomic E-state index is -1.84. The molecule has 5 N–H and O–H groups in total. The standard InChI is InChI=1S/C16H24O9/c1-6(5-17)4-7-8(16(7,2)3)14(23)25-15-11(20)9(18)10(19)12(24-15)13(21)22/h4,7-12,15,17-20H,5H2,1-3H3,(H,21,22)/b6-4+/t7-,8+,9+,10+,11-,12+,15-/m1/s1. The van der Waals surface area contributed by atoms with Gasteiger partial charge in [0.1, 0.15) is 18.3 Å². The highest BCUT2D eigenvalue weighted by Crippen LogP contribution is 2.60. The highest BCUT2D eigenvalue weighted by atomic mass is 16.7. The van der Waals surface area contributed by atoms with Crippen molar-refractivity contribution in [2.45, 2.75) is 51.5 Å². The Morgan fingerprint density at radius 2 is 1.76 bits per heavy atom. The van der Waals surface area contributed by atoms with E-state index in [1.165, 1.54) is 0 Å². The Hall–Kier alpha value is -1.52. The van der Waals surface area contributed by atoms with E-state index in [0.29, 0.717) is 5.57 Å². The van der Waals surface area contributed by atoms with Gasteiger partial charge in [-0.1, -0.05) is 25.5 Å². The van der Waals surface area contributed by atoms with Crippen molar-refractivity contribution in [3.8, 4) is 0 Å². The molecule has 2 aliphatic rings. The second-order valence-electron chi connectivity index (χ2n) is 7.17. The molecule has 9 heteroatoms. The maximum absolute atomic E-state index is 12.4. The van der Waals surface area contributed by atoms with Gasteiger partial charge in [0.25, 0.3) is 0 Å². The lowest BCUT2D eigenvalue weighted by molar-refractivity contribution is -0.287. The fourth-order valence-electron chi connectivity index (χ4n) is 3.14. The van der Waals surface area contributed by atoms with Crippen LogP contribution in [0, 0.1) is 17.3 Å². The molecule has 0 aromatic heterocycles. The molecule has 9 nitrogen and oxygen atoms in total. The van der Waals surface area contributed by atoms with E-state index in [2.05, 4.69) is 0 Å². The molecule has 2 rings (SSSR count). The first-order valence-corrected chi connectivity index (χ1v) is 7.93. The monoisotopic (exact) mass is 360 g/mol. The number of ether oxygens (including phenoxy) is 2. The SMILES string of the molecule is C/C(=C\[C@@H]1[C@@H](C(=O)O[C@H]2O[C@H](C(=O)O)[C@@H](O)[C@H](O)[C@H]2O)C1(C)C)CO. The molecule has 1 saturated heterocycles. The lowest BCUT2D eigenvalue weighted by Crippen LogP contribution is -2.60. The number of carboxylic acids is 1. The number of aliphatic hydroxyl groups excluding tert-OH is 4. The first-order chi connectivity index (χ1) is 11.5. The van der Waals surface area contributed by atoms with E-state index >= 15 is 0 Å². The highest BCUT2D eigenvalue weighted by Gasteiger charge is 2.62. The Labute approximate surface area is 144 Å². The summed E-state index contributed by atoms with van der Waals surface area (Å²) in [4.78, 5) is 23.4. The molecular formula is C16H24O9. The van der Waals surface area contributed by atoms with Crippen LogP contribution >= 0.6 is 0 Å². The summed E-state index contributed by atoms with van der Waals surface area (Å²) in [5.74, 6) is -3.00. The molecule has 0 amide bonds. The summed E-state index contributed by atoms with van der Waals surface area (Å²) in [6, 6.07) is 0. The molecule has 1 aliphatic heterocycles. The summed E-state index contributed by atoms with van der Waals surface area (Å²) in [6.45, 7) is 5.26. The second-order valence-corrected chi connectivity index (χ2v) is 7.17. The molecule has 0 aromatic rings. The molecular weight excluding hydrogens is 336 g/mol. The number of carbonyl (C=O) groups excluding carboxylic acids is 1. The molecule has 0 radical (unpaired) electrons. The first kappa shape index (κ1) is 19.8. The van der Waals surface area contributed by atoms with Crippen LogP contribution in [0.1, 0.15) is 20.8 Å². The van der Waals surface area contributed by atoms with Gasteiger partial charge in [-0.05, 0) is 18.3 Å². The van der Waals surface area contributed by atoms with Gasteiger partial charge in [-0.3, -0.25) is 4.79 Å². The molecule has 1 saturated carbocycles. The Balaban J connectivity index is 2.08. The molecule has 142 valence electrons. The average molecular weight is 360 g/mol. The number of carboxylic acid groups (broad SMARTS) is 1. The van der Waals surface area contributed by atoms with Crippen molar-refractivity contribution in [3.63, 3.8) is 0 Å². The zero-order chi connectivity index (χ0) is 19.1. The van der Waals surface area contributed by atoms with E-state index in [0.717, 1.165) is 0 Å². The van der Waals surface area contributed by atoms with Crippen LogP contribution in [0.3, 0.4) is 0 Å². The molecule has 0 aromatic carbocycles. The third kappa shape index (κ3) is 3.70. The summed E-state index contributed by atoms with van der Waals surface area (Å²) in [5, 5.41) is 47.3. The molecule has 2 fully saturated rings. The fraction of sp³-hybridized carbons (Fsp3) is 0.750. The third-order valence-electron chi connectivity index (χ3n) is 4.92. The highest BCUT2D eigenvalue weighted by molar-refractivity contribution is 5.78. The van der Waals surface area contributed by atoms with Crippen molar-refractivity contribution in [2.75, 3.05) is 6.61 Å². The van der Waals surface area contributed by atoms with Gasteiger partial charge in [-0.2, -0.15) is 0 Å². The molecule has 7 atom stereocenters. The Morgan fingerprint density at radius 3 is 2.28 bits per heavy atom. The molecule has 0 unspecified atom stereocenters. The van der Waals surface area contributed by atoms with Gasteiger partial charge in [0.2, 0.25) is 6.29 Å². The normalized spacial score (nSPS) is 40.4. The largest absolute Gasteiger partial charge is 0.479 e. The number of allylic oxidation sites excluding steroid dienone is 1. The Morgan fingerprint density at radius 1 is 1.16 bits per heavy atom. The zero-order valence-corrected chi connectivity index (χ0v) is 14.2. The number of esters is 1. The van der Waals surface area contributed by atoms with Crippen molar-refractivity contribution in [2.24, 2.45) is 17.3 Å². The number of hydrogen-bond acceptors (Lipinski definition) is 8. The third-order valence-corrected chi connectivity index (χ3v) is 4.92. The van der Waals surface area contributed by atoms with E-state index in [-0.39, 0.29) is 12.5 Å². The minimum absolute atomic E-state index is 0.136. The van der Waals surface area contributed by atoms with Crippen LogP contribution in [0.4, 0.5) is 0 Å². The minimum Gasteiger partial charge on any atom is -0.479 e. The van der Waals surface area contributed by atoms with Crippen LogP contribution < -0.4 is 0 Å². The van der Waals surface area contributed by atoms with Crippen LogP contribution in [0.25, 0.3) is 0 Å². The summed E-state index contributed by atoms with van der Waals surface area (Å²) in [7, 11) is 0. The van der Waals surface area contributed by atoms with E-state index in [1.807, 2.05) is 13.8 Å². The summed E-state index contributed by atoms with van der Waals surface area (Å²) >= 11 is 0. The number of rotatable bonds is 5. The molecule has 1 heterocycles. The maximum Gasteiger partial charge on any atom is 0.335 e. The van der Waals surface area contributed by atoms with Crippen LogP contribution in [-0.2, 0) is 19.1 Å². The Bertz CT molecular complexity index is 570. The van der Waals surface area contributed by atoms with Crippen molar-refractivity contribution < 1.29 is 44.6 Å². The maximum atomic E-state index is 12.4.